The van der Waals surface area contributed by atoms with Gasteiger partial charge in [0.25, 0.3) is 5.91 Å². The van der Waals surface area contributed by atoms with Crippen LogP contribution in [-0.4, -0.2) is 51.2 Å². The van der Waals surface area contributed by atoms with Crippen LogP contribution in [0.5, 0.6) is 11.5 Å². The van der Waals surface area contributed by atoms with Crippen LogP contribution in [0.25, 0.3) is 0 Å². The lowest BCUT2D eigenvalue weighted by Crippen LogP contribution is -2.43. The van der Waals surface area contributed by atoms with Gasteiger partial charge in [0.05, 0.1) is 14.2 Å². The minimum atomic E-state index is 0.0125. The summed E-state index contributed by atoms with van der Waals surface area (Å²) in [4.78, 5) is 14.5. The molecule has 1 aromatic carbocycles. The number of nitrogens with zero attached hydrogens (tertiary/aromatic N) is 1. The zero-order valence-electron chi connectivity index (χ0n) is 13.2. The molecule has 1 aliphatic heterocycles. The topological polar surface area (TPSA) is 50.8 Å². The fourth-order valence-corrected chi connectivity index (χ4v) is 2.77. The lowest BCUT2D eigenvalue weighted by molar-refractivity contribution is 0.0702. The molecule has 1 heterocycles. The lowest BCUT2D eigenvalue weighted by atomic mass is 10.0. The molecule has 0 aliphatic carbocycles. The maximum Gasteiger partial charge on any atom is 0.254 e. The summed E-state index contributed by atoms with van der Waals surface area (Å²) in [6, 6.07) is 3.87. The van der Waals surface area contributed by atoms with E-state index < -0.39 is 0 Å². The van der Waals surface area contributed by atoms with Crippen LogP contribution >= 0.6 is 0 Å². The standard InChI is InChI=1S/C16H24N2O3/c1-11-14(20-3)9-12(10-15(11)21-4)16(19)18(2)13-5-7-17-8-6-13/h9-10,13,17H,5-8H2,1-4H3. The van der Waals surface area contributed by atoms with E-state index in [1.807, 2.05) is 18.9 Å². The molecular weight excluding hydrogens is 268 g/mol. The third-order valence-corrected chi connectivity index (χ3v) is 4.18. The van der Waals surface area contributed by atoms with Crippen molar-refractivity contribution in [1.82, 2.24) is 10.2 Å². The minimum absolute atomic E-state index is 0.0125. The van der Waals surface area contributed by atoms with Crippen molar-refractivity contribution in [3.8, 4) is 11.5 Å². The van der Waals surface area contributed by atoms with Crippen LogP contribution < -0.4 is 14.8 Å². The average Bonchev–Trinajstić information content (AvgIpc) is 2.54. The Morgan fingerprint density at radius 3 is 2.19 bits per heavy atom. The van der Waals surface area contributed by atoms with Gasteiger partial charge in [-0.2, -0.15) is 0 Å². The summed E-state index contributed by atoms with van der Waals surface area (Å²) in [5.41, 5.74) is 1.51. The van der Waals surface area contributed by atoms with Gasteiger partial charge in [-0.05, 0) is 45.0 Å². The lowest BCUT2D eigenvalue weighted by Gasteiger charge is -2.32. The molecule has 0 spiro atoms. The van der Waals surface area contributed by atoms with E-state index in [0.717, 1.165) is 31.5 Å². The molecule has 1 N–H and O–H groups in total. The monoisotopic (exact) mass is 292 g/mol. The number of rotatable bonds is 4. The summed E-state index contributed by atoms with van der Waals surface area (Å²) >= 11 is 0. The van der Waals surface area contributed by atoms with Gasteiger partial charge in [0.15, 0.2) is 0 Å². The third kappa shape index (κ3) is 3.29. The number of ether oxygens (including phenoxy) is 2. The largest absolute Gasteiger partial charge is 0.496 e. The number of hydrogen-bond acceptors (Lipinski definition) is 4. The molecule has 1 aromatic rings. The van der Waals surface area contributed by atoms with Gasteiger partial charge in [-0.25, -0.2) is 0 Å². The molecule has 5 nitrogen and oxygen atoms in total. The highest BCUT2D eigenvalue weighted by Crippen LogP contribution is 2.30. The van der Waals surface area contributed by atoms with Gasteiger partial charge in [0.1, 0.15) is 11.5 Å². The Kier molecular flexibility index (Phi) is 5.07. The number of hydrogen-bond donors (Lipinski definition) is 1. The van der Waals surface area contributed by atoms with Crippen LogP contribution in [0.1, 0.15) is 28.8 Å². The van der Waals surface area contributed by atoms with Crippen molar-refractivity contribution < 1.29 is 14.3 Å². The normalized spacial score (nSPS) is 15.6. The van der Waals surface area contributed by atoms with E-state index in [2.05, 4.69) is 5.32 Å². The SMILES string of the molecule is COc1cc(C(=O)N(C)C2CCNCC2)cc(OC)c1C. The van der Waals surface area contributed by atoms with E-state index in [4.69, 9.17) is 9.47 Å². The van der Waals surface area contributed by atoms with Gasteiger partial charge in [-0.1, -0.05) is 0 Å². The van der Waals surface area contributed by atoms with Crippen molar-refractivity contribution >= 4 is 5.91 Å². The summed E-state index contributed by atoms with van der Waals surface area (Å²) < 4.78 is 10.7. The Hall–Kier alpha value is -1.75. The quantitative estimate of drug-likeness (QED) is 0.920. The molecule has 0 aromatic heterocycles. The summed E-state index contributed by atoms with van der Waals surface area (Å²) in [5, 5.41) is 3.31. The predicted molar refractivity (Wildman–Crippen MR) is 82.3 cm³/mol. The van der Waals surface area contributed by atoms with Gasteiger partial charge in [0.2, 0.25) is 0 Å². The number of benzene rings is 1. The number of carbonyl (C=O) groups excluding carboxylic acids is 1. The minimum Gasteiger partial charge on any atom is -0.496 e. The highest BCUT2D eigenvalue weighted by molar-refractivity contribution is 5.95. The van der Waals surface area contributed by atoms with Gasteiger partial charge < -0.3 is 19.7 Å². The van der Waals surface area contributed by atoms with E-state index in [1.165, 1.54) is 0 Å². The van der Waals surface area contributed by atoms with Crippen LogP contribution in [0.15, 0.2) is 12.1 Å². The van der Waals surface area contributed by atoms with E-state index in [9.17, 15) is 4.79 Å². The van der Waals surface area contributed by atoms with Crippen LogP contribution in [0.2, 0.25) is 0 Å². The number of amides is 1. The zero-order chi connectivity index (χ0) is 15.4. The highest BCUT2D eigenvalue weighted by atomic mass is 16.5. The predicted octanol–water partition coefficient (Wildman–Crippen LogP) is 1.84. The molecule has 1 amide bonds. The molecule has 21 heavy (non-hydrogen) atoms. The smallest absolute Gasteiger partial charge is 0.254 e. The molecule has 0 unspecified atom stereocenters. The molecule has 0 atom stereocenters. The second-order valence-corrected chi connectivity index (χ2v) is 5.40. The second kappa shape index (κ2) is 6.80. The average molecular weight is 292 g/mol. The molecule has 1 fully saturated rings. The maximum absolute atomic E-state index is 12.7. The second-order valence-electron chi connectivity index (χ2n) is 5.40. The van der Waals surface area contributed by atoms with E-state index in [0.29, 0.717) is 17.1 Å². The molecule has 5 heteroatoms. The Morgan fingerprint density at radius 1 is 1.19 bits per heavy atom. The van der Waals surface area contributed by atoms with Crippen LogP contribution in [0.4, 0.5) is 0 Å². The fourth-order valence-electron chi connectivity index (χ4n) is 2.77. The Bertz CT molecular complexity index is 485. The van der Waals surface area contributed by atoms with Crippen LogP contribution in [-0.2, 0) is 0 Å². The number of piperidine rings is 1. The van der Waals surface area contributed by atoms with Crippen molar-refractivity contribution in [2.45, 2.75) is 25.8 Å². The van der Waals surface area contributed by atoms with Crippen LogP contribution in [0.3, 0.4) is 0 Å². The van der Waals surface area contributed by atoms with Gasteiger partial charge in [-0.15, -0.1) is 0 Å². The Balaban J connectivity index is 2.25. The number of carbonyl (C=O) groups is 1. The molecule has 0 saturated carbocycles. The van der Waals surface area contributed by atoms with Crippen molar-refractivity contribution in [2.24, 2.45) is 0 Å². The van der Waals surface area contributed by atoms with Crippen LogP contribution in [0, 0.1) is 6.92 Å². The first-order valence-electron chi connectivity index (χ1n) is 7.29. The first-order valence-corrected chi connectivity index (χ1v) is 7.29. The molecule has 1 saturated heterocycles. The van der Waals surface area contributed by atoms with Crippen molar-refractivity contribution in [3.05, 3.63) is 23.3 Å². The summed E-state index contributed by atoms with van der Waals surface area (Å²) in [6.07, 6.45) is 1.98. The highest BCUT2D eigenvalue weighted by Gasteiger charge is 2.24. The first-order chi connectivity index (χ1) is 10.1. The maximum atomic E-state index is 12.7. The van der Waals surface area contributed by atoms with E-state index in [1.54, 1.807) is 26.4 Å². The van der Waals surface area contributed by atoms with Gasteiger partial charge >= 0.3 is 0 Å². The zero-order valence-corrected chi connectivity index (χ0v) is 13.2. The number of nitrogens with one attached hydrogen (secondary N) is 1. The van der Waals surface area contributed by atoms with E-state index >= 15 is 0 Å². The molecule has 116 valence electrons. The van der Waals surface area contributed by atoms with Crippen molar-refractivity contribution in [2.75, 3.05) is 34.4 Å². The molecular formula is C16H24N2O3. The van der Waals surface area contributed by atoms with Crippen molar-refractivity contribution in [1.29, 1.82) is 0 Å². The molecule has 0 bridgehead atoms. The third-order valence-electron chi connectivity index (χ3n) is 4.18. The molecule has 0 radical (unpaired) electrons. The number of methoxy groups -OCH3 is 2. The first kappa shape index (κ1) is 15.6. The Labute approximate surface area is 126 Å². The molecule has 2 rings (SSSR count). The summed E-state index contributed by atoms with van der Waals surface area (Å²) in [7, 11) is 5.08. The van der Waals surface area contributed by atoms with Gasteiger partial charge in [-0.3, -0.25) is 4.79 Å². The molecule has 1 aliphatic rings. The van der Waals surface area contributed by atoms with E-state index in [-0.39, 0.29) is 11.9 Å². The van der Waals surface area contributed by atoms with Gasteiger partial charge in [0, 0.05) is 24.2 Å². The fraction of sp³-hybridized carbons (Fsp3) is 0.562. The Morgan fingerprint density at radius 2 is 1.71 bits per heavy atom. The summed E-state index contributed by atoms with van der Waals surface area (Å²) in [5.74, 6) is 1.37. The summed E-state index contributed by atoms with van der Waals surface area (Å²) in [6.45, 7) is 3.84. The van der Waals surface area contributed by atoms with Crippen molar-refractivity contribution in [3.63, 3.8) is 0 Å².